The maximum absolute atomic E-state index is 6.22. The summed E-state index contributed by atoms with van der Waals surface area (Å²) in [7, 11) is 0. The third-order valence-corrected chi connectivity index (χ3v) is 5.36. The third-order valence-electron chi connectivity index (χ3n) is 5.16. The van der Waals surface area contributed by atoms with E-state index in [2.05, 4.69) is 30.7 Å². The van der Waals surface area contributed by atoms with E-state index >= 15 is 0 Å². The van der Waals surface area contributed by atoms with Crippen molar-refractivity contribution in [3.05, 3.63) is 17.0 Å². The normalized spacial score (nSPS) is 22.0. The van der Waals surface area contributed by atoms with E-state index in [0.717, 1.165) is 24.7 Å². The second-order valence-corrected chi connectivity index (χ2v) is 8.20. The van der Waals surface area contributed by atoms with Gasteiger partial charge in [0, 0.05) is 24.6 Å². The molecule has 4 heteroatoms. The van der Waals surface area contributed by atoms with E-state index in [9.17, 15) is 0 Å². The van der Waals surface area contributed by atoms with Crippen molar-refractivity contribution in [2.24, 2.45) is 5.41 Å². The van der Waals surface area contributed by atoms with Crippen LogP contribution in [0.15, 0.2) is 6.07 Å². The van der Waals surface area contributed by atoms with Gasteiger partial charge in [0.15, 0.2) is 0 Å². The van der Waals surface area contributed by atoms with E-state index in [1.165, 1.54) is 38.5 Å². The molecule has 3 rings (SSSR count). The monoisotopic (exact) mass is 307 g/mol. The lowest BCUT2D eigenvalue weighted by molar-refractivity contribution is 0.226. The number of hydrogen-bond donors (Lipinski definition) is 0. The van der Waals surface area contributed by atoms with E-state index in [4.69, 9.17) is 16.6 Å². The predicted octanol–water partition coefficient (Wildman–Crippen LogP) is 4.59. The van der Waals surface area contributed by atoms with Crippen molar-refractivity contribution in [2.75, 3.05) is 18.0 Å². The zero-order chi connectivity index (χ0) is 15.1. The molecule has 3 nitrogen and oxygen atoms in total. The minimum atomic E-state index is -0.0673. The Morgan fingerprint density at radius 3 is 2.24 bits per heavy atom. The van der Waals surface area contributed by atoms with Gasteiger partial charge in [-0.25, -0.2) is 9.97 Å². The molecule has 0 bridgehead atoms. The van der Waals surface area contributed by atoms with Crippen molar-refractivity contribution in [3.63, 3.8) is 0 Å². The molecule has 0 unspecified atom stereocenters. The van der Waals surface area contributed by atoms with Crippen LogP contribution in [0.3, 0.4) is 0 Å². The van der Waals surface area contributed by atoms with Crippen molar-refractivity contribution >= 4 is 17.4 Å². The summed E-state index contributed by atoms with van der Waals surface area (Å²) in [6, 6.07) is 1.92. The highest BCUT2D eigenvalue weighted by Gasteiger charge is 2.37. The lowest BCUT2D eigenvalue weighted by atomic mass is 9.77. The van der Waals surface area contributed by atoms with Gasteiger partial charge in [-0.3, -0.25) is 0 Å². The lowest BCUT2D eigenvalue weighted by Crippen LogP contribution is -2.39. The van der Waals surface area contributed by atoms with Crippen LogP contribution in [0.1, 0.15) is 65.1 Å². The van der Waals surface area contributed by atoms with Crippen LogP contribution in [-0.4, -0.2) is 23.1 Å². The van der Waals surface area contributed by atoms with Gasteiger partial charge in [-0.15, -0.1) is 0 Å². The molecule has 2 heterocycles. The quantitative estimate of drug-likeness (QED) is 0.711. The molecule has 0 aromatic carbocycles. The van der Waals surface area contributed by atoms with Gasteiger partial charge in [0.1, 0.15) is 16.8 Å². The molecule has 0 atom stereocenters. The van der Waals surface area contributed by atoms with E-state index in [-0.39, 0.29) is 5.41 Å². The maximum Gasteiger partial charge on any atom is 0.137 e. The van der Waals surface area contributed by atoms with Gasteiger partial charge < -0.3 is 4.90 Å². The minimum absolute atomic E-state index is 0.0673. The molecule has 1 aliphatic carbocycles. The summed E-state index contributed by atoms with van der Waals surface area (Å²) in [5, 5.41) is 0.561. The molecule has 1 spiro atoms. The van der Waals surface area contributed by atoms with Crippen LogP contribution in [-0.2, 0) is 5.41 Å². The SMILES string of the molecule is CC(C)(C)c1nc(Cl)cc(N2CCC3(CCCC3)CC2)n1. The first-order chi connectivity index (χ1) is 9.88. The highest BCUT2D eigenvalue weighted by Crippen LogP contribution is 2.46. The average molecular weight is 308 g/mol. The first-order valence-corrected chi connectivity index (χ1v) is 8.56. The summed E-state index contributed by atoms with van der Waals surface area (Å²) in [5.41, 5.74) is 0.572. The number of halogens is 1. The molecule has 2 aliphatic rings. The van der Waals surface area contributed by atoms with Crippen molar-refractivity contribution in [1.29, 1.82) is 0 Å². The molecule has 0 N–H and O–H groups in total. The second kappa shape index (κ2) is 5.42. The molecule has 0 amide bonds. The molecule has 0 radical (unpaired) electrons. The average Bonchev–Trinajstić information content (AvgIpc) is 2.86. The minimum Gasteiger partial charge on any atom is -0.356 e. The maximum atomic E-state index is 6.22. The molecule has 21 heavy (non-hydrogen) atoms. The van der Waals surface area contributed by atoms with Gasteiger partial charge in [-0.2, -0.15) is 0 Å². The molecular weight excluding hydrogens is 282 g/mol. The Bertz CT molecular complexity index is 505. The standard InChI is InChI=1S/C17H26ClN3/c1-16(2,3)15-19-13(18)12-14(20-15)21-10-8-17(9-11-21)6-4-5-7-17/h12H,4-11H2,1-3H3. The molecular formula is C17H26ClN3. The van der Waals surface area contributed by atoms with Crippen molar-refractivity contribution in [3.8, 4) is 0 Å². The van der Waals surface area contributed by atoms with Crippen molar-refractivity contribution in [2.45, 2.75) is 64.7 Å². The number of nitrogens with zero attached hydrogens (tertiary/aromatic N) is 3. The largest absolute Gasteiger partial charge is 0.356 e. The van der Waals surface area contributed by atoms with Crippen LogP contribution in [0, 0.1) is 5.41 Å². The van der Waals surface area contributed by atoms with E-state index in [1.54, 1.807) is 0 Å². The number of aromatic nitrogens is 2. The Morgan fingerprint density at radius 1 is 1.05 bits per heavy atom. The summed E-state index contributed by atoms with van der Waals surface area (Å²) < 4.78 is 0. The van der Waals surface area contributed by atoms with E-state index in [0.29, 0.717) is 10.6 Å². The Morgan fingerprint density at radius 2 is 1.67 bits per heavy atom. The van der Waals surface area contributed by atoms with Crippen LogP contribution in [0.2, 0.25) is 5.15 Å². The molecule has 1 aromatic rings. The molecule has 1 saturated heterocycles. The van der Waals surface area contributed by atoms with Crippen molar-refractivity contribution in [1.82, 2.24) is 9.97 Å². The fourth-order valence-corrected chi connectivity index (χ4v) is 3.92. The van der Waals surface area contributed by atoms with Gasteiger partial charge in [0.25, 0.3) is 0 Å². The van der Waals surface area contributed by atoms with Gasteiger partial charge in [-0.1, -0.05) is 45.2 Å². The third kappa shape index (κ3) is 3.18. The summed E-state index contributed by atoms with van der Waals surface area (Å²) in [6.07, 6.45) is 8.32. The highest BCUT2D eigenvalue weighted by atomic mass is 35.5. The molecule has 116 valence electrons. The summed E-state index contributed by atoms with van der Waals surface area (Å²) in [5.74, 6) is 1.85. The molecule has 2 fully saturated rings. The van der Waals surface area contributed by atoms with Crippen LogP contribution in [0.5, 0.6) is 0 Å². The van der Waals surface area contributed by atoms with Crippen LogP contribution in [0.4, 0.5) is 5.82 Å². The topological polar surface area (TPSA) is 29.0 Å². The zero-order valence-corrected chi connectivity index (χ0v) is 14.2. The van der Waals surface area contributed by atoms with Crippen LogP contribution >= 0.6 is 11.6 Å². The fraction of sp³-hybridized carbons (Fsp3) is 0.765. The summed E-state index contributed by atoms with van der Waals surface area (Å²) >= 11 is 6.22. The predicted molar refractivity (Wildman–Crippen MR) is 88.1 cm³/mol. The number of rotatable bonds is 1. The van der Waals surface area contributed by atoms with Crippen LogP contribution in [0.25, 0.3) is 0 Å². The number of hydrogen-bond acceptors (Lipinski definition) is 3. The second-order valence-electron chi connectivity index (χ2n) is 7.82. The Balaban J connectivity index is 1.77. The summed E-state index contributed by atoms with van der Waals surface area (Å²) in [4.78, 5) is 11.6. The number of piperidine rings is 1. The van der Waals surface area contributed by atoms with E-state index in [1.807, 2.05) is 6.07 Å². The molecule has 1 aromatic heterocycles. The van der Waals surface area contributed by atoms with Gasteiger partial charge in [-0.05, 0) is 31.1 Å². The Hall–Kier alpha value is -0.830. The molecule has 1 saturated carbocycles. The molecule has 1 aliphatic heterocycles. The van der Waals surface area contributed by atoms with Gasteiger partial charge in [0.05, 0.1) is 0 Å². The van der Waals surface area contributed by atoms with Crippen LogP contribution < -0.4 is 4.90 Å². The smallest absolute Gasteiger partial charge is 0.137 e. The van der Waals surface area contributed by atoms with Gasteiger partial charge >= 0.3 is 0 Å². The highest BCUT2D eigenvalue weighted by molar-refractivity contribution is 6.29. The first kappa shape index (κ1) is 15.1. The first-order valence-electron chi connectivity index (χ1n) is 8.18. The van der Waals surface area contributed by atoms with Crippen molar-refractivity contribution < 1.29 is 0 Å². The number of anilines is 1. The lowest BCUT2D eigenvalue weighted by Gasteiger charge is -2.40. The Labute approximate surface area is 133 Å². The summed E-state index contributed by atoms with van der Waals surface area (Å²) in [6.45, 7) is 8.61. The Kier molecular flexibility index (Phi) is 3.89. The van der Waals surface area contributed by atoms with E-state index < -0.39 is 0 Å². The fourth-order valence-electron chi connectivity index (χ4n) is 3.74. The zero-order valence-electron chi connectivity index (χ0n) is 13.5. The van der Waals surface area contributed by atoms with Gasteiger partial charge in [0.2, 0.25) is 0 Å².